The zero-order valence-corrected chi connectivity index (χ0v) is 19.8. The fourth-order valence-electron chi connectivity index (χ4n) is 3.59. The van der Waals surface area contributed by atoms with Crippen molar-refractivity contribution >= 4 is 21.9 Å². The first-order valence-electron chi connectivity index (χ1n) is 10.9. The van der Waals surface area contributed by atoms with E-state index >= 15 is 0 Å². The average molecular weight is 483 g/mol. The molecule has 3 aromatic rings. The highest BCUT2D eigenvalue weighted by molar-refractivity contribution is 7.89. The lowest BCUT2D eigenvalue weighted by Gasteiger charge is -2.23. The molecule has 1 aliphatic carbocycles. The smallest absolute Gasteiger partial charge is 0.337 e. The van der Waals surface area contributed by atoms with Gasteiger partial charge in [-0.2, -0.15) is 4.31 Å². The number of hydrogen-bond donors (Lipinski definition) is 1. The number of carbonyl (C=O) groups excluding carboxylic acids is 2. The van der Waals surface area contributed by atoms with Gasteiger partial charge in [0.05, 0.1) is 30.4 Å². The van der Waals surface area contributed by atoms with Crippen LogP contribution in [0.15, 0.2) is 70.2 Å². The van der Waals surface area contributed by atoms with E-state index in [0.29, 0.717) is 16.9 Å². The lowest BCUT2D eigenvalue weighted by Crippen LogP contribution is -2.31. The molecular weight excluding hydrogens is 456 g/mol. The Bertz CT molecular complexity index is 1280. The van der Waals surface area contributed by atoms with Crippen LogP contribution < -0.4 is 5.32 Å². The maximum atomic E-state index is 13.6. The van der Waals surface area contributed by atoms with Crippen molar-refractivity contribution in [1.29, 1.82) is 0 Å². The number of rotatable bonds is 9. The first-order valence-corrected chi connectivity index (χ1v) is 12.3. The monoisotopic (exact) mass is 482 g/mol. The Morgan fingerprint density at radius 2 is 1.76 bits per heavy atom. The van der Waals surface area contributed by atoms with E-state index < -0.39 is 16.0 Å². The highest BCUT2D eigenvalue weighted by Gasteiger charge is 2.28. The molecule has 178 valence electrons. The number of ether oxygens (including phenoxy) is 1. The molecule has 8 nitrogen and oxygen atoms in total. The number of nitrogens with one attached hydrogen (secondary N) is 1. The van der Waals surface area contributed by atoms with E-state index in [-0.39, 0.29) is 35.5 Å². The number of amides is 1. The third-order valence-corrected chi connectivity index (χ3v) is 7.57. The molecule has 0 bridgehead atoms. The van der Waals surface area contributed by atoms with Gasteiger partial charge in [0.15, 0.2) is 0 Å². The molecular formula is C25H26N2O6S. The molecule has 1 fully saturated rings. The van der Waals surface area contributed by atoms with E-state index in [4.69, 9.17) is 9.15 Å². The Labute approximate surface area is 198 Å². The summed E-state index contributed by atoms with van der Waals surface area (Å²) < 4.78 is 38.7. The summed E-state index contributed by atoms with van der Waals surface area (Å²) in [4.78, 5) is 24.2. The Balaban J connectivity index is 1.60. The van der Waals surface area contributed by atoms with Crippen LogP contribution in [0.5, 0.6) is 0 Å². The van der Waals surface area contributed by atoms with Gasteiger partial charge in [-0.1, -0.05) is 12.1 Å². The van der Waals surface area contributed by atoms with Crippen LogP contribution in [0.3, 0.4) is 0 Å². The maximum absolute atomic E-state index is 13.6. The summed E-state index contributed by atoms with van der Waals surface area (Å²) in [6.45, 7) is 1.74. The molecule has 0 unspecified atom stereocenters. The van der Waals surface area contributed by atoms with Crippen molar-refractivity contribution in [2.75, 3.05) is 7.11 Å². The average Bonchev–Trinajstić information content (AvgIpc) is 3.49. The minimum absolute atomic E-state index is 0.0252. The largest absolute Gasteiger partial charge is 0.468 e. The van der Waals surface area contributed by atoms with Gasteiger partial charge in [0.25, 0.3) is 5.91 Å². The predicted molar refractivity (Wildman–Crippen MR) is 125 cm³/mol. The Kier molecular flexibility index (Phi) is 6.85. The molecule has 34 heavy (non-hydrogen) atoms. The van der Waals surface area contributed by atoms with E-state index in [1.807, 2.05) is 0 Å². The molecule has 1 heterocycles. The SMILES string of the molecule is COC(=O)c1ccc(S(=O)(=O)N(Cc2ccc(C(=O)NC3CC3)cc2)Cc2ccco2)c(C)c1. The van der Waals surface area contributed by atoms with Gasteiger partial charge in [0, 0.05) is 18.2 Å². The zero-order valence-electron chi connectivity index (χ0n) is 19.0. The second-order valence-corrected chi connectivity index (χ2v) is 10.2. The summed E-state index contributed by atoms with van der Waals surface area (Å²) in [6.07, 6.45) is 3.50. The van der Waals surface area contributed by atoms with Gasteiger partial charge in [-0.3, -0.25) is 4.79 Å². The van der Waals surface area contributed by atoms with Gasteiger partial charge in [-0.15, -0.1) is 0 Å². The fourth-order valence-corrected chi connectivity index (χ4v) is 5.19. The molecule has 4 rings (SSSR count). The molecule has 0 saturated heterocycles. The van der Waals surface area contributed by atoms with Crippen molar-refractivity contribution in [3.8, 4) is 0 Å². The Morgan fingerprint density at radius 3 is 2.35 bits per heavy atom. The van der Waals surface area contributed by atoms with Gasteiger partial charge >= 0.3 is 5.97 Å². The fraction of sp³-hybridized carbons (Fsp3) is 0.280. The molecule has 1 amide bonds. The first kappa shape index (κ1) is 23.7. The predicted octanol–water partition coefficient (Wildman–Crippen LogP) is 3.66. The quantitative estimate of drug-likeness (QED) is 0.467. The highest BCUT2D eigenvalue weighted by atomic mass is 32.2. The molecule has 0 spiro atoms. The van der Waals surface area contributed by atoms with Crippen LogP contribution in [0.1, 0.15) is 50.4 Å². The summed E-state index contributed by atoms with van der Waals surface area (Å²) in [5.41, 5.74) is 1.96. The minimum Gasteiger partial charge on any atom is -0.468 e. The second-order valence-electron chi connectivity index (χ2n) is 8.27. The third-order valence-electron chi connectivity index (χ3n) is 5.61. The van der Waals surface area contributed by atoms with Crippen LogP contribution in [0.2, 0.25) is 0 Å². The van der Waals surface area contributed by atoms with E-state index in [1.165, 1.54) is 35.9 Å². The summed E-state index contributed by atoms with van der Waals surface area (Å²) in [5, 5.41) is 2.94. The van der Waals surface area contributed by atoms with Crippen molar-refractivity contribution in [1.82, 2.24) is 9.62 Å². The van der Waals surface area contributed by atoms with Gasteiger partial charge in [0.2, 0.25) is 10.0 Å². The molecule has 1 saturated carbocycles. The summed E-state index contributed by atoms with van der Waals surface area (Å²) in [6, 6.07) is 14.9. The lowest BCUT2D eigenvalue weighted by atomic mass is 10.1. The molecule has 0 radical (unpaired) electrons. The molecule has 1 N–H and O–H groups in total. The lowest BCUT2D eigenvalue weighted by molar-refractivity contribution is 0.0600. The van der Waals surface area contributed by atoms with Crippen molar-refractivity contribution in [3.63, 3.8) is 0 Å². The third kappa shape index (κ3) is 5.37. The van der Waals surface area contributed by atoms with Gasteiger partial charge in [-0.25, -0.2) is 13.2 Å². The first-order chi connectivity index (χ1) is 16.3. The number of methoxy groups -OCH3 is 1. The topological polar surface area (TPSA) is 106 Å². The number of carbonyl (C=O) groups is 2. The zero-order chi connectivity index (χ0) is 24.3. The van der Waals surface area contributed by atoms with E-state index in [9.17, 15) is 18.0 Å². The van der Waals surface area contributed by atoms with Gasteiger partial charge in [-0.05, 0) is 73.4 Å². The van der Waals surface area contributed by atoms with Crippen LogP contribution in [0.25, 0.3) is 0 Å². The van der Waals surface area contributed by atoms with Crippen molar-refractivity contribution in [3.05, 3.63) is 88.9 Å². The Morgan fingerprint density at radius 1 is 1.06 bits per heavy atom. The van der Waals surface area contributed by atoms with Crippen LogP contribution in [-0.2, 0) is 27.8 Å². The number of aryl methyl sites for hydroxylation is 1. The minimum atomic E-state index is -3.95. The number of nitrogens with zero attached hydrogens (tertiary/aromatic N) is 1. The highest BCUT2D eigenvalue weighted by Crippen LogP contribution is 2.25. The van der Waals surface area contributed by atoms with Crippen molar-refractivity contribution in [2.24, 2.45) is 0 Å². The second kappa shape index (κ2) is 9.82. The summed E-state index contributed by atoms with van der Waals surface area (Å²) >= 11 is 0. The van der Waals surface area contributed by atoms with Crippen LogP contribution in [0.4, 0.5) is 0 Å². The van der Waals surface area contributed by atoms with Crippen LogP contribution in [-0.4, -0.2) is 37.8 Å². The Hall–Kier alpha value is -3.43. The molecule has 2 aromatic carbocycles. The number of benzene rings is 2. The van der Waals surface area contributed by atoms with Gasteiger partial charge in [0.1, 0.15) is 5.76 Å². The normalized spacial score (nSPS) is 13.6. The van der Waals surface area contributed by atoms with Crippen LogP contribution >= 0.6 is 0 Å². The molecule has 0 aliphatic heterocycles. The summed E-state index contributed by atoms with van der Waals surface area (Å²) in [5.74, 6) is -0.173. The molecule has 0 atom stereocenters. The molecule has 1 aromatic heterocycles. The molecule has 9 heteroatoms. The number of furan rings is 1. The molecule has 1 aliphatic rings. The number of hydrogen-bond acceptors (Lipinski definition) is 6. The maximum Gasteiger partial charge on any atom is 0.337 e. The number of sulfonamides is 1. The van der Waals surface area contributed by atoms with E-state index in [2.05, 4.69) is 5.32 Å². The van der Waals surface area contributed by atoms with Crippen molar-refractivity contribution in [2.45, 2.75) is 43.8 Å². The van der Waals surface area contributed by atoms with E-state index in [1.54, 1.807) is 43.3 Å². The van der Waals surface area contributed by atoms with Crippen LogP contribution in [0, 0.1) is 6.92 Å². The summed E-state index contributed by atoms with van der Waals surface area (Å²) in [7, 11) is -2.68. The van der Waals surface area contributed by atoms with Gasteiger partial charge < -0.3 is 14.5 Å². The van der Waals surface area contributed by atoms with Crippen molar-refractivity contribution < 1.29 is 27.2 Å². The van der Waals surface area contributed by atoms with E-state index in [0.717, 1.165) is 18.4 Å². The standard InChI is InChI=1S/C25H26N2O6S/c1-17-14-20(25(29)32-2)9-12-23(17)34(30,31)27(16-22-4-3-13-33-22)15-18-5-7-19(8-6-18)24(28)26-21-10-11-21/h3-9,12-14,21H,10-11,15-16H2,1-2H3,(H,26,28). The number of esters is 1.